The zero-order chi connectivity index (χ0) is 13.7. The molecule has 0 aliphatic carbocycles. The minimum atomic E-state index is -2.78. The summed E-state index contributed by atoms with van der Waals surface area (Å²) in [5.74, 6) is -0.547. The van der Waals surface area contributed by atoms with Crippen molar-refractivity contribution in [1.82, 2.24) is 0 Å². The molecule has 0 fully saturated rings. The third-order valence-corrected chi connectivity index (χ3v) is 2.51. The molecule has 0 bridgehead atoms. The monoisotopic (exact) mass is 254 g/mol. The van der Waals surface area contributed by atoms with Crippen LogP contribution in [0, 0.1) is 11.3 Å². The first-order valence-corrected chi connectivity index (χ1v) is 5.14. The maximum absolute atomic E-state index is 12.8. The van der Waals surface area contributed by atoms with Crippen LogP contribution in [-0.4, -0.2) is 13.1 Å². The van der Waals surface area contributed by atoms with Crippen molar-refractivity contribution in [2.24, 2.45) is 5.73 Å². The quantitative estimate of drug-likeness (QED) is 0.829. The molecule has 18 heavy (non-hydrogen) atoms. The van der Waals surface area contributed by atoms with Gasteiger partial charge in [-0.15, -0.1) is 0 Å². The molecule has 1 rings (SSSR count). The fraction of sp³-hybridized carbons (Fsp3) is 0.333. The number of alkyl halides is 2. The summed E-state index contributed by atoms with van der Waals surface area (Å²) in [7, 11) is 1.21. The Hall–Kier alpha value is -2.00. The van der Waals surface area contributed by atoms with Crippen molar-refractivity contribution in [3.8, 4) is 6.07 Å². The van der Waals surface area contributed by atoms with E-state index in [2.05, 4.69) is 4.74 Å². The molecule has 0 heterocycles. The summed E-state index contributed by atoms with van der Waals surface area (Å²) in [5.41, 5.74) is 5.80. The average Bonchev–Trinajstić information content (AvgIpc) is 2.37. The van der Waals surface area contributed by atoms with Gasteiger partial charge in [0.1, 0.15) is 0 Å². The second-order valence-corrected chi connectivity index (χ2v) is 3.58. The number of nitrogens with two attached hydrogens (primary N) is 1. The largest absolute Gasteiger partial charge is 0.469 e. The normalized spacial score (nSPS) is 10.2. The Bertz CT molecular complexity index is 496. The summed E-state index contributed by atoms with van der Waals surface area (Å²) in [6.07, 6.45) is -2.92. The average molecular weight is 254 g/mol. The van der Waals surface area contributed by atoms with E-state index in [9.17, 15) is 13.6 Å². The Kier molecular flexibility index (Phi) is 4.75. The van der Waals surface area contributed by atoms with Crippen molar-refractivity contribution in [2.75, 3.05) is 7.11 Å². The predicted molar refractivity (Wildman–Crippen MR) is 59.7 cm³/mol. The topological polar surface area (TPSA) is 76.1 Å². The van der Waals surface area contributed by atoms with Crippen LogP contribution in [-0.2, 0) is 22.5 Å². The van der Waals surface area contributed by atoms with Crippen LogP contribution in [0.25, 0.3) is 0 Å². The van der Waals surface area contributed by atoms with Crippen LogP contribution in [0.3, 0.4) is 0 Å². The van der Waals surface area contributed by atoms with Gasteiger partial charge in [-0.25, -0.2) is 8.78 Å². The Morgan fingerprint density at radius 1 is 1.50 bits per heavy atom. The van der Waals surface area contributed by atoms with Crippen LogP contribution < -0.4 is 5.73 Å². The minimum absolute atomic E-state index is 0.0600. The van der Waals surface area contributed by atoms with E-state index in [1.54, 1.807) is 6.07 Å². The van der Waals surface area contributed by atoms with Crippen LogP contribution in [0.15, 0.2) is 12.1 Å². The van der Waals surface area contributed by atoms with Crippen molar-refractivity contribution in [3.05, 3.63) is 34.4 Å². The molecule has 1 aromatic rings. The van der Waals surface area contributed by atoms with E-state index in [1.165, 1.54) is 13.2 Å². The summed E-state index contributed by atoms with van der Waals surface area (Å²) in [6, 6.07) is 4.13. The number of nitriles is 1. The van der Waals surface area contributed by atoms with Gasteiger partial charge in [0, 0.05) is 12.1 Å². The molecular formula is C12H12F2N2O2. The molecule has 96 valence electrons. The Morgan fingerprint density at radius 2 is 2.17 bits per heavy atom. The van der Waals surface area contributed by atoms with E-state index < -0.39 is 18.0 Å². The highest BCUT2D eigenvalue weighted by Crippen LogP contribution is 2.26. The highest BCUT2D eigenvalue weighted by molar-refractivity contribution is 5.73. The number of ether oxygens (including phenoxy) is 1. The fourth-order valence-corrected chi connectivity index (χ4v) is 1.57. The van der Waals surface area contributed by atoms with Crippen molar-refractivity contribution >= 4 is 5.97 Å². The van der Waals surface area contributed by atoms with Gasteiger partial charge in [0.2, 0.25) is 0 Å². The van der Waals surface area contributed by atoms with Gasteiger partial charge in [-0.1, -0.05) is 0 Å². The maximum atomic E-state index is 12.8. The van der Waals surface area contributed by atoms with Crippen LogP contribution in [0.1, 0.15) is 28.7 Å². The van der Waals surface area contributed by atoms with E-state index in [0.717, 1.165) is 6.07 Å². The smallest absolute Gasteiger partial charge is 0.309 e. The molecular weight excluding hydrogens is 242 g/mol. The third-order valence-electron chi connectivity index (χ3n) is 2.51. The minimum Gasteiger partial charge on any atom is -0.469 e. The van der Waals surface area contributed by atoms with Gasteiger partial charge < -0.3 is 10.5 Å². The number of rotatable bonds is 4. The van der Waals surface area contributed by atoms with Gasteiger partial charge in [0.15, 0.2) is 0 Å². The van der Waals surface area contributed by atoms with Crippen LogP contribution in [0.4, 0.5) is 8.78 Å². The van der Waals surface area contributed by atoms with Crippen molar-refractivity contribution in [1.29, 1.82) is 5.26 Å². The number of hydrogen-bond acceptors (Lipinski definition) is 4. The van der Waals surface area contributed by atoms with Gasteiger partial charge in [-0.2, -0.15) is 5.26 Å². The van der Waals surface area contributed by atoms with Crippen LogP contribution in [0.2, 0.25) is 0 Å². The van der Waals surface area contributed by atoms with Gasteiger partial charge in [0.05, 0.1) is 25.2 Å². The molecule has 2 N–H and O–H groups in total. The number of nitrogens with zero attached hydrogens (tertiary/aromatic N) is 1. The first-order chi connectivity index (χ1) is 8.53. The molecule has 0 aliphatic heterocycles. The first-order valence-electron chi connectivity index (χ1n) is 5.14. The number of hydrogen-bond donors (Lipinski definition) is 1. The maximum Gasteiger partial charge on any atom is 0.309 e. The van der Waals surface area contributed by atoms with Gasteiger partial charge in [-0.3, -0.25) is 4.79 Å². The molecule has 1 aromatic carbocycles. The predicted octanol–water partition coefficient (Wildman–Crippen LogP) is 1.67. The zero-order valence-electron chi connectivity index (χ0n) is 9.74. The Labute approximate surface area is 103 Å². The lowest BCUT2D eigenvalue weighted by atomic mass is 9.97. The molecule has 0 atom stereocenters. The summed E-state index contributed by atoms with van der Waals surface area (Å²) < 4.78 is 30.0. The summed E-state index contributed by atoms with van der Waals surface area (Å²) in [6.45, 7) is 0.0600. The molecule has 0 radical (unpaired) electrons. The standard InChI is InChI=1S/C12H12F2N2O2/c1-18-11(17)4-7-3-10(12(13)14)9(6-16)2-8(7)5-15/h2-3,12H,4-5,15H2,1H3. The van der Waals surface area contributed by atoms with Gasteiger partial charge >= 0.3 is 5.97 Å². The molecule has 0 unspecified atom stereocenters. The molecule has 0 aromatic heterocycles. The second-order valence-electron chi connectivity index (χ2n) is 3.58. The third kappa shape index (κ3) is 3.02. The highest BCUT2D eigenvalue weighted by atomic mass is 19.3. The summed E-state index contributed by atoms with van der Waals surface area (Å²) >= 11 is 0. The Morgan fingerprint density at radius 3 is 2.61 bits per heavy atom. The van der Waals surface area contributed by atoms with E-state index in [1.807, 2.05) is 0 Å². The molecule has 6 heteroatoms. The highest BCUT2D eigenvalue weighted by Gasteiger charge is 2.17. The number of methoxy groups -OCH3 is 1. The number of esters is 1. The summed E-state index contributed by atoms with van der Waals surface area (Å²) in [5, 5.41) is 8.79. The fourth-order valence-electron chi connectivity index (χ4n) is 1.57. The molecule has 0 saturated carbocycles. The van der Waals surface area contributed by atoms with E-state index in [4.69, 9.17) is 11.0 Å². The van der Waals surface area contributed by atoms with Gasteiger partial charge in [-0.05, 0) is 23.3 Å². The van der Waals surface area contributed by atoms with E-state index in [-0.39, 0.29) is 18.5 Å². The van der Waals surface area contributed by atoms with Crippen molar-refractivity contribution in [3.63, 3.8) is 0 Å². The number of benzene rings is 1. The number of halogens is 2. The SMILES string of the molecule is COC(=O)Cc1cc(C(F)F)c(C#N)cc1CN. The van der Waals surface area contributed by atoms with Crippen molar-refractivity contribution in [2.45, 2.75) is 19.4 Å². The van der Waals surface area contributed by atoms with E-state index in [0.29, 0.717) is 11.1 Å². The molecule has 0 amide bonds. The van der Waals surface area contributed by atoms with Gasteiger partial charge in [0.25, 0.3) is 6.43 Å². The first kappa shape index (κ1) is 14.1. The second kappa shape index (κ2) is 6.07. The zero-order valence-corrected chi connectivity index (χ0v) is 9.74. The number of carbonyl (C=O) groups is 1. The van der Waals surface area contributed by atoms with Crippen molar-refractivity contribution < 1.29 is 18.3 Å². The molecule has 0 aliphatic rings. The Balaban J connectivity index is 3.28. The lowest BCUT2D eigenvalue weighted by Gasteiger charge is -2.11. The van der Waals surface area contributed by atoms with Crippen LogP contribution >= 0.6 is 0 Å². The lowest BCUT2D eigenvalue weighted by Crippen LogP contribution is -2.11. The molecule has 4 nitrogen and oxygen atoms in total. The molecule has 0 spiro atoms. The number of carbonyl (C=O) groups excluding carboxylic acids is 1. The van der Waals surface area contributed by atoms with Crippen LogP contribution in [0.5, 0.6) is 0 Å². The molecule has 0 saturated heterocycles. The summed E-state index contributed by atoms with van der Waals surface area (Å²) in [4.78, 5) is 11.2. The van der Waals surface area contributed by atoms with E-state index >= 15 is 0 Å². The lowest BCUT2D eigenvalue weighted by molar-refractivity contribution is -0.139.